The lowest BCUT2D eigenvalue weighted by Crippen LogP contribution is -2.51. The van der Waals surface area contributed by atoms with Gasteiger partial charge in [-0.2, -0.15) is 13.2 Å². The summed E-state index contributed by atoms with van der Waals surface area (Å²) < 4.78 is 51.1. The highest BCUT2D eigenvalue weighted by Gasteiger charge is 2.55. The number of rotatable bonds is 5. The number of nitrogens with zero attached hydrogens (tertiary/aromatic N) is 1. The summed E-state index contributed by atoms with van der Waals surface area (Å²) in [5.41, 5.74) is -0.608. The maximum Gasteiger partial charge on any atom is 0.416 e. The third-order valence-corrected chi connectivity index (χ3v) is 9.69. The van der Waals surface area contributed by atoms with Crippen LogP contribution in [0.25, 0.3) is 6.08 Å². The Labute approximate surface area is 233 Å². The summed E-state index contributed by atoms with van der Waals surface area (Å²) in [6.45, 7) is 0. The number of benzene rings is 2. The largest absolute Gasteiger partial charge is 0.493 e. The van der Waals surface area contributed by atoms with Crippen LogP contribution >= 0.6 is 24.0 Å². The summed E-state index contributed by atoms with van der Waals surface area (Å²) in [6.07, 6.45) is 3.42. The van der Waals surface area contributed by atoms with E-state index in [1.165, 1.54) is 38.5 Å². The molecule has 0 atom stereocenters. The molecule has 5 fully saturated rings. The number of esters is 1. The fourth-order valence-electron chi connectivity index (χ4n) is 7.09. The molecule has 0 radical (unpaired) electrons. The van der Waals surface area contributed by atoms with Gasteiger partial charge in [0, 0.05) is 0 Å². The van der Waals surface area contributed by atoms with Crippen LogP contribution in [-0.4, -0.2) is 23.3 Å². The number of carbonyl (C=O) groups excluding carboxylic acids is 2. The minimum absolute atomic E-state index is 0.0558. The van der Waals surface area contributed by atoms with E-state index in [1.807, 2.05) is 0 Å². The summed E-state index contributed by atoms with van der Waals surface area (Å²) in [5, 5.41) is 0. The molecular formula is C29H26F3NO4S2. The van der Waals surface area contributed by atoms with Crippen molar-refractivity contribution < 1.29 is 32.2 Å². The maximum absolute atomic E-state index is 13.4. The van der Waals surface area contributed by atoms with E-state index >= 15 is 0 Å². The van der Waals surface area contributed by atoms with E-state index in [9.17, 15) is 22.8 Å². The zero-order chi connectivity index (χ0) is 27.5. The summed E-state index contributed by atoms with van der Waals surface area (Å²) in [7, 11) is 1.48. The minimum atomic E-state index is -4.54. The molecule has 1 amide bonds. The highest BCUT2D eigenvalue weighted by atomic mass is 32.2. The zero-order valence-electron chi connectivity index (χ0n) is 21.1. The summed E-state index contributed by atoms with van der Waals surface area (Å²) >= 11 is 6.33. The fraction of sp³-hybridized carbons (Fsp3) is 0.414. The van der Waals surface area contributed by atoms with E-state index < -0.39 is 23.1 Å². The van der Waals surface area contributed by atoms with Gasteiger partial charge in [0.2, 0.25) is 0 Å². The highest BCUT2D eigenvalue weighted by molar-refractivity contribution is 8.27. The van der Waals surface area contributed by atoms with Crippen LogP contribution in [0.2, 0.25) is 0 Å². The van der Waals surface area contributed by atoms with Crippen molar-refractivity contribution in [2.45, 2.75) is 44.7 Å². The number of halogens is 3. The van der Waals surface area contributed by atoms with E-state index in [0.717, 1.165) is 48.1 Å². The number of alkyl halides is 3. The summed E-state index contributed by atoms with van der Waals surface area (Å²) in [6, 6.07) is 9.54. The van der Waals surface area contributed by atoms with E-state index in [0.29, 0.717) is 34.8 Å². The Kier molecular flexibility index (Phi) is 6.53. The number of methoxy groups -OCH3 is 1. The van der Waals surface area contributed by atoms with Gasteiger partial charge in [-0.25, -0.2) is 0 Å². The van der Waals surface area contributed by atoms with Gasteiger partial charge in [0.25, 0.3) is 5.91 Å². The fourth-order valence-corrected chi connectivity index (χ4v) is 8.39. The quantitative estimate of drug-likeness (QED) is 0.163. The van der Waals surface area contributed by atoms with Crippen LogP contribution < -0.4 is 14.4 Å². The lowest BCUT2D eigenvalue weighted by molar-refractivity contribution is -0.161. The number of carbonyl (C=O) groups is 2. The monoisotopic (exact) mass is 573 g/mol. The number of amides is 1. The van der Waals surface area contributed by atoms with Gasteiger partial charge in [-0.3, -0.25) is 14.5 Å². The SMILES string of the molecule is COc1cc(C=C2SC(=S)N(c3cccc(C(F)(F)F)c3)C2=O)ccc1OC(=O)C12CC3CC(CC(C3)C1)C2. The van der Waals surface area contributed by atoms with Crippen LogP contribution in [0.5, 0.6) is 11.5 Å². The minimum Gasteiger partial charge on any atom is -0.493 e. The van der Waals surface area contributed by atoms with Crippen molar-refractivity contribution in [1.29, 1.82) is 0 Å². The predicted octanol–water partition coefficient (Wildman–Crippen LogP) is 7.24. The highest BCUT2D eigenvalue weighted by Crippen LogP contribution is 2.60. The molecule has 0 spiro atoms. The average molecular weight is 574 g/mol. The second-order valence-electron chi connectivity index (χ2n) is 11.1. The molecular weight excluding hydrogens is 547 g/mol. The van der Waals surface area contributed by atoms with Crippen LogP contribution in [0.4, 0.5) is 18.9 Å². The van der Waals surface area contributed by atoms with E-state index in [-0.39, 0.29) is 20.9 Å². The molecule has 0 N–H and O–H groups in total. The molecule has 39 heavy (non-hydrogen) atoms. The van der Waals surface area contributed by atoms with Gasteiger partial charge in [-0.1, -0.05) is 36.1 Å². The maximum atomic E-state index is 13.4. The van der Waals surface area contributed by atoms with Crippen molar-refractivity contribution in [3.63, 3.8) is 0 Å². The lowest BCUT2D eigenvalue weighted by Gasteiger charge is -2.55. The second kappa shape index (κ2) is 9.66. The number of thioether (sulfide) groups is 1. The molecule has 4 aliphatic carbocycles. The van der Waals surface area contributed by atoms with Crippen LogP contribution in [0.3, 0.4) is 0 Å². The summed E-state index contributed by atoms with van der Waals surface area (Å²) in [4.78, 5) is 27.9. The first kappa shape index (κ1) is 26.4. The third-order valence-electron chi connectivity index (χ3n) is 8.38. The molecule has 4 saturated carbocycles. The van der Waals surface area contributed by atoms with Crippen molar-refractivity contribution in [3.05, 3.63) is 58.5 Å². The van der Waals surface area contributed by atoms with Crippen molar-refractivity contribution >= 4 is 51.9 Å². The third kappa shape index (κ3) is 4.86. The Morgan fingerprint density at radius 1 is 1.05 bits per heavy atom. The Hall–Kier alpha value is -2.85. The summed E-state index contributed by atoms with van der Waals surface area (Å²) in [5.74, 6) is 1.82. The number of ether oxygens (including phenoxy) is 2. The standard InChI is InChI=1S/C29H26F3NO4S2/c1-36-23-10-16(5-6-22(23)37-26(35)28-13-17-7-18(14-28)9-19(8-17)15-28)11-24-25(34)33(27(38)39-24)21-4-2-3-20(12-21)29(30,31)32/h2-6,10-12,17-19H,7-9,13-15H2,1H3. The molecule has 1 aliphatic heterocycles. The Bertz CT molecular complexity index is 1370. The second-order valence-corrected chi connectivity index (χ2v) is 12.7. The van der Waals surface area contributed by atoms with Gasteiger partial charge < -0.3 is 9.47 Å². The molecule has 7 rings (SSSR count). The first-order valence-corrected chi connectivity index (χ1v) is 14.1. The van der Waals surface area contributed by atoms with Gasteiger partial charge >= 0.3 is 12.1 Å². The normalized spacial score (nSPS) is 28.9. The van der Waals surface area contributed by atoms with E-state index in [1.54, 1.807) is 24.3 Å². The molecule has 4 bridgehead atoms. The Morgan fingerprint density at radius 3 is 2.33 bits per heavy atom. The smallest absolute Gasteiger partial charge is 0.416 e. The van der Waals surface area contributed by atoms with Gasteiger partial charge in [0.15, 0.2) is 15.8 Å². The first-order chi connectivity index (χ1) is 18.5. The molecule has 1 heterocycles. The van der Waals surface area contributed by atoms with Crippen molar-refractivity contribution in [2.24, 2.45) is 23.2 Å². The number of hydrogen-bond donors (Lipinski definition) is 0. The molecule has 5 nitrogen and oxygen atoms in total. The molecule has 204 valence electrons. The average Bonchev–Trinajstić information content (AvgIpc) is 3.15. The van der Waals surface area contributed by atoms with Crippen molar-refractivity contribution in [1.82, 2.24) is 0 Å². The van der Waals surface area contributed by atoms with Gasteiger partial charge in [0.05, 0.1) is 28.7 Å². The van der Waals surface area contributed by atoms with E-state index in [2.05, 4.69) is 0 Å². The van der Waals surface area contributed by atoms with Gasteiger partial charge in [-0.05, 0) is 98.2 Å². The molecule has 5 aliphatic rings. The first-order valence-electron chi connectivity index (χ1n) is 12.9. The number of thiocarbonyl (C=S) groups is 1. The topological polar surface area (TPSA) is 55.8 Å². The predicted molar refractivity (Wildman–Crippen MR) is 146 cm³/mol. The van der Waals surface area contributed by atoms with Crippen LogP contribution in [0, 0.1) is 23.2 Å². The molecule has 0 aromatic heterocycles. The molecule has 10 heteroatoms. The van der Waals surface area contributed by atoms with E-state index in [4.69, 9.17) is 21.7 Å². The Morgan fingerprint density at radius 2 is 1.72 bits per heavy atom. The zero-order valence-corrected chi connectivity index (χ0v) is 22.8. The number of hydrogen-bond acceptors (Lipinski definition) is 6. The van der Waals surface area contributed by atoms with Crippen LogP contribution in [-0.2, 0) is 15.8 Å². The van der Waals surface area contributed by atoms with Crippen molar-refractivity contribution in [2.75, 3.05) is 12.0 Å². The van der Waals surface area contributed by atoms with Gasteiger partial charge in [0.1, 0.15) is 0 Å². The van der Waals surface area contributed by atoms with Gasteiger partial charge in [-0.15, -0.1) is 0 Å². The van der Waals surface area contributed by atoms with Crippen molar-refractivity contribution in [3.8, 4) is 11.5 Å². The lowest BCUT2D eigenvalue weighted by atomic mass is 9.49. The molecule has 0 unspecified atom stereocenters. The molecule has 2 aromatic rings. The number of anilines is 1. The Balaban J connectivity index is 1.21. The molecule has 2 aromatic carbocycles. The van der Waals surface area contributed by atoms with Crippen LogP contribution in [0.1, 0.15) is 49.7 Å². The van der Waals surface area contributed by atoms with Crippen LogP contribution in [0.15, 0.2) is 47.4 Å². The molecule has 1 saturated heterocycles.